The zero-order valence-electron chi connectivity index (χ0n) is 10.2. The lowest BCUT2D eigenvalue weighted by Gasteiger charge is -2.20. The number of sulfonamides is 1. The van der Waals surface area contributed by atoms with Crippen molar-refractivity contribution in [1.29, 1.82) is 0 Å². The average Bonchev–Trinajstić information content (AvgIpc) is 2.60. The monoisotopic (exact) mass is 250 g/mol. The molecule has 3 unspecified atom stereocenters. The number of hydrogen-bond donors (Lipinski definition) is 2. The number of nitrogens with one attached hydrogen (secondary N) is 2. The summed E-state index contributed by atoms with van der Waals surface area (Å²) in [4.78, 5) is 0. The van der Waals surface area contributed by atoms with Gasteiger partial charge in [0.15, 0.2) is 0 Å². The molecular weight excluding hydrogens is 228 g/mol. The van der Waals surface area contributed by atoms with Gasteiger partial charge in [-0.15, -0.1) is 0 Å². The van der Waals surface area contributed by atoms with Crippen molar-refractivity contribution < 1.29 is 13.2 Å². The summed E-state index contributed by atoms with van der Waals surface area (Å²) < 4.78 is 31.9. The highest BCUT2D eigenvalue weighted by Gasteiger charge is 2.30. The van der Waals surface area contributed by atoms with Gasteiger partial charge in [-0.2, -0.15) is 0 Å². The second-order valence-corrected chi connectivity index (χ2v) is 6.38. The third-order valence-corrected chi connectivity index (χ3v) is 4.76. The Balaban J connectivity index is 2.50. The maximum Gasteiger partial charge on any atom is 0.215 e. The van der Waals surface area contributed by atoms with E-state index in [0.29, 0.717) is 13.2 Å². The average molecular weight is 250 g/mol. The molecule has 0 amide bonds. The zero-order chi connectivity index (χ0) is 12.2. The smallest absolute Gasteiger partial charge is 0.215 e. The van der Waals surface area contributed by atoms with E-state index < -0.39 is 15.3 Å². The van der Waals surface area contributed by atoms with Crippen molar-refractivity contribution in [3.63, 3.8) is 0 Å². The highest BCUT2D eigenvalue weighted by atomic mass is 32.2. The molecule has 1 heterocycles. The topological polar surface area (TPSA) is 67.4 Å². The van der Waals surface area contributed by atoms with Crippen LogP contribution in [0.15, 0.2) is 0 Å². The number of rotatable bonds is 6. The molecular formula is C10H22N2O3S. The van der Waals surface area contributed by atoms with Gasteiger partial charge in [0.2, 0.25) is 10.0 Å². The summed E-state index contributed by atoms with van der Waals surface area (Å²) >= 11 is 0. The Bertz CT molecular complexity index is 305. The minimum absolute atomic E-state index is 0.0268. The second kappa shape index (κ2) is 5.95. The first-order valence-corrected chi connectivity index (χ1v) is 7.35. The van der Waals surface area contributed by atoms with Crippen LogP contribution in [0.3, 0.4) is 0 Å². The first-order chi connectivity index (χ1) is 7.47. The van der Waals surface area contributed by atoms with Crippen LogP contribution in [0, 0.1) is 0 Å². The third-order valence-electron chi connectivity index (χ3n) is 2.90. The van der Waals surface area contributed by atoms with Crippen molar-refractivity contribution in [2.45, 2.75) is 44.6 Å². The third kappa shape index (κ3) is 3.69. The van der Waals surface area contributed by atoms with E-state index >= 15 is 0 Å². The van der Waals surface area contributed by atoms with Crippen molar-refractivity contribution in [2.75, 3.05) is 19.7 Å². The number of ether oxygens (including phenoxy) is 1. The molecule has 96 valence electrons. The van der Waals surface area contributed by atoms with E-state index in [1.54, 1.807) is 6.92 Å². The molecule has 1 aliphatic rings. The molecule has 1 fully saturated rings. The summed E-state index contributed by atoms with van der Waals surface area (Å²) in [6.07, 6.45) is 0.732. The maximum atomic E-state index is 11.9. The Labute approximate surface area is 98.0 Å². The van der Waals surface area contributed by atoms with E-state index in [1.165, 1.54) is 0 Å². The second-order valence-electron chi connectivity index (χ2n) is 4.25. The van der Waals surface area contributed by atoms with Gasteiger partial charge in [0.1, 0.15) is 0 Å². The van der Waals surface area contributed by atoms with Crippen LogP contribution in [0.2, 0.25) is 0 Å². The molecule has 0 spiro atoms. The number of hydrogen-bond acceptors (Lipinski definition) is 4. The van der Waals surface area contributed by atoms with E-state index in [1.807, 2.05) is 13.8 Å². The van der Waals surface area contributed by atoms with Gasteiger partial charge in [0.05, 0.1) is 11.4 Å². The Morgan fingerprint density at radius 1 is 1.50 bits per heavy atom. The van der Waals surface area contributed by atoms with Crippen LogP contribution in [-0.4, -0.2) is 45.5 Å². The summed E-state index contributed by atoms with van der Waals surface area (Å²) in [6.45, 7) is 7.47. The maximum absolute atomic E-state index is 11.9. The fourth-order valence-corrected chi connectivity index (χ4v) is 2.97. The molecule has 1 saturated heterocycles. The molecule has 0 saturated carbocycles. The lowest BCUT2D eigenvalue weighted by atomic mass is 10.2. The molecule has 16 heavy (non-hydrogen) atoms. The Hall–Kier alpha value is -0.170. The van der Waals surface area contributed by atoms with Crippen LogP contribution in [0.1, 0.15) is 27.2 Å². The van der Waals surface area contributed by atoms with Crippen LogP contribution < -0.4 is 10.0 Å². The fourth-order valence-electron chi connectivity index (χ4n) is 1.67. The van der Waals surface area contributed by atoms with Crippen molar-refractivity contribution in [1.82, 2.24) is 10.0 Å². The van der Waals surface area contributed by atoms with Gasteiger partial charge in [-0.25, -0.2) is 13.1 Å². The minimum Gasteiger partial charge on any atom is -0.377 e. The predicted octanol–water partition coefficient (Wildman–Crippen LogP) is 0.0812. The van der Waals surface area contributed by atoms with E-state index in [-0.39, 0.29) is 12.1 Å². The lowest BCUT2D eigenvalue weighted by molar-refractivity contribution is 0.116. The lowest BCUT2D eigenvalue weighted by Crippen LogP contribution is -2.45. The first-order valence-electron chi connectivity index (χ1n) is 5.80. The molecule has 2 N–H and O–H groups in total. The van der Waals surface area contributed by atoms with Crippen LogP contribution in [0.5, 0.6) is 0 Å². The Kier molecular flexibility index (Phi) is 5.17. The molecule has 0 radical (unpaired) electrons. The van der Waals surface area contributed by atoms with Crippen molar-refractivity contribution in [3.8, 4) is 0 Å². The van der Waals surface area contributed by atoms with Crippen LogP contribution in [-0.2, 0) is 14.8 Å². The van der Waals surface area contributed by atoms with Gasteiger partial charge in [-0.3, -0.25) is 0 Å². The van der Waals surface area contributed by atoms with Crippen molar-refractivity contribution in [2.24, 2.45) is 0 Å². The quantitative estimate of drug-likeness (QED) is 0.700. The van der Waals surface area contributed by atoms with Gasteiger partial charge < -0.3 is 10.1 Å². The SMILES string of the molecule is CCNCC(C)S(=O)(=O)NC1CCOC1C. The van der Waals surface area contributed by atoms with Crippen LogP contribution in [0.4, 0.5) is 0 Å². The summed E-state index contributed by atoms with van der Waals surface area (Å²) in [7, 11) is -3.24. The molecule has 0 aromatic heterocycles. The van der Waals surface area contributed by atoms with Gasteiger partial charge in [0.25, 0.3) is 0 Å². The van der Waals surface area contributed by atoms with Gasteiger partial charge >= 0.3 is 0 Å². The molecule has 0 aromatic carbocycles. The largest absolute Gasteiger partial charge is 0.377 e. The summed E-state index contributed by atoms with van der Waals surface area (Å²) in [5.41, 5.74) is 0. The molecule has 5 nitrogen and oxygen atoms in total. The van der Waals surface area contributed by atoms with Crippen LogP contribution in [0.25, 0.3) is 0 Å². The molecule has 1 rings (SSSR count). The molecule has 0 aliphatic carbocycles. The summed E-state index contributed by atoms with van der Waals surface area (Å²) in [5.74, 6) is 0. The minimum atomic E-state index is -3.24. The molecule has 1 aliphatic heterocycles. The van der Waals surface area contributed by atoms with E-state index in [9.17, 15) is 8.42 Å². The molecule has 0 aromatic rings. The van der Waals surface area contributed by atoms with Gasteiger partial charge in [0, 0.05) is 19.2 Å². The standard InChI is InChI=1S/C10H22N2O3S/c1-4-11-7-8(2)16(13,14)12-10-5-6-15-9(10)3/h8-12H,4-7H2,1-3H3. The fraction of sp³-hybridized carbons (Fsp3) is 1.00. The normalized spacial score (nSPS) is 28.2. The van der Waals surface area contributed by atoms with Crippen molar-refractivity contribution in [3.05, 3.63) is 0 Å². The van der Waals surface area contributed by atoms with Gasteiger partial charge in [-0.05, 0) is 26.8 Å². The predicted molar refractivity (Wildman–Crippen MR) is 63.9 cm³/mol. The van der Waals surface area contributed by atoms with Crippen molar-refractivity contribution >= 4 is 10.0 Å². The van der Waals surface area contributed by atoms with Gasteiger partial charge in [-0.1, -0.05) is 6.92 Å². The molecule has 3 atom stereocenters. The molecule has 0 bridgehead atoms. The highest BCUT2D eigenvalue weighted by Crippen LogP contribution is 2.14. The van der Waals surface area contributed by atoms with E-state index in [2.05, 4.69) is 10.0 Å². The van der Waals surface area contributed by atoms with E-state index in [4.69, 9.17) is 4.74 Å². The van der Waals surface area contributed by atoms with E-state index in [0.717, 1.165) is 13.0 Å². The zero-order valence-corrected chi connectivity index (χ0v) is 11.0. The van der Waals surface area contributed by atoms with Crippen LogP contribution >= 0.6 is 0 Å². The summed E-state index contributed by atoms with van der Waals surface area (Å²) in [5, 5.41) is 2.62. The molecule has 6 heteroatoms. The Morgan fingerprint density at radius 3 is 2.69 bits per heavy atom. The Morgan fingerprint density at radius 2 is 2.19 bits per heavy atom. The summed E-state index contributed by atoms with van der Waals surface area (Å²) in [6, 6.07) is -0.0749. The highest BCUT2D eigenvalue weighted by molar-refractivity contribution is 7.90. The first kappa shape index (κ1) is 13.9.